The highest BCUT2D eigenvalue weighted by atomic mass is 32.2. The van der Waals surface area contributed by atoms with E-state index in [1.807, 2.05) is 0 Å². The first kappa shape index (κ1) is 24.6. The fraction of sp³-hybridized carbons (Fsp3) is 0.333. The average Bonchev–Trinajstić information content (AvgIpc) is 3.32. The molecule has 2 amide bonds. The van der Waals surface area contributed by atoms with Gasteiger partial charge in [-0.1, -0.05) is 37.1 Å². The molecule has 0 atom stereocenters. The quantitative estimate of drug-likeness (QED) is 0.439. The molecule has 11 heteroatoms. The summed E-state index contributed by atoms with van der Waals surface area (Å²) in [4.78, 5) is 51.0. The predicted molar refractivity (Wildman–Crippen MR) is 126 cm³/mol. The van der Waals surface area contributed by atoms with Gasteiger partial charge in [0.1, 0.15) is 12.1 Å². The summed E-state index contributed by atoms with van der Waals surface area (Å²) in [6.07, 6.45) is 2.56. The van der Waals surface area contributed by atoms with Crippen LogP contribution >= 0.6 is 0 Å². The lowest BCUT2D eigenvalue weighted by molar-refractivity contribution is -0.147. The summed E-state index contributed by atoms with van der Waals surface area (Å²) in [5.41, 5.74) is 0.351. The van der Waals surface area contributed by atoms with E-state index >= 15 is 0 Å². The number of nitrogens with zero attached hydrogens (tertiary/aromatic N) is 1. The number of fused-ring (bicyclic) bond motifs is 1. The molecule has 2 aliphatic rings. The third-order valence-corrected chi connectivity index (χ3v) is 7.68. The predicted octanol–water partition coefficient (Wildman–Crippen LogP) is 2.01. The molecule has 0 bridgehead atoms. The second-order valence-corrected chi connectivity index (χ2v) is 10.3. The number of hydrogen-bond acceptors (Lipinski definition) is 7. The summed E-state index contributed by atoms with van der Waals surface area (Å²) in [5, 5.41) is 2.87. The number of para-hydroxylation sites is 2. The SMILES string of the molecule is CC(=O)c1ccc(S(=O)(=O)NCC(=O)OCC(=O)N2c3ccccc3NC(=O)C23CCCC3)cc1. The lowest BCUT2D eigenvalue weighted by Gasteiger charge is -2.44. The number of hydrogen-bond donors (Lipinski definition) is 2. The van der Waals surface area contributed by atoms with Gasteiger partial charge in [0, 0.05) is 5.56 Å². The molecule has 0 aromatic heterocycles. The number of anilines is 2. The Balaban J connectivity index is 1.41. The van der Waals surface area contributed by atoms with Crippen LogP contribution in [0.2, 0.25) is 0 Å². The van der Waals surface area contributed by atoms with Gasteiger partial charge in [-0.25, -0.2) is 8.42 Å². The Kier molecular flexibility index (Phi) is 6.73. The Bertz CT molecular complexity index is 1280. The number of ketones is 1. The Morgan fingerprint density at radius 2 is 1.71 bits per heavy atom. The van der Waals surface area contributed by atoms with E-state index < -0.39 is 40.6 Å². The molecule has 1 aliphatic carbocycles. The van der Waals surface area contributed by atoms with E-state index in [1.165, 1.54) is 36.1 Å². The van der Waals surface area contributed by atoms with Gasteiger partial charge < -0.3 is 10.1 Å². The van der Waals surface area contributed by atoms with E-state index in [0.29, 0.717) is 29.8 Å². The Hall–Kier alpha value is -3.57. The van der Waals surface area contributed by atoms with E-state index in [4.69, 9.17) is 4.74 Å². The van der Waals surface area contributed by atoms with E-state index in [1.54, 1.807) is 24.3 Å². The lowest BCUT2D eigenvalue weighted by atomic mass is 9.90. The van der Waals surface area contributed by atoms with Gasteiger partial charge in [-0.2, -0.15) is 4.72 Å². The summed E-state index contributed by atoms with van der Waals surface area (Å²) in [5.74, 6) is -1.98. The number of sulfonamides is 1. The maximum absolute atomic E-state index is 13.2. The molecule has 1 aliphatic heterocycles. The Morgan fingerprint density at radius 1 is 1.06 bits per heavy atom. The number of nitrogens with one attached hydrogen (secondary N) is 2. The van der Waals surface area contributed by atoms with Gasteiger partial charge in [0.2, 0.25) is 10.0 Å². The average molecular weight is 500 g/mol. The van der Waals surface area contributed by atoms with Crippen molar-refractivity contribution in [2.45, 2.75) is 43.0 Å². The lowest BCUT2D eigenvalue weighted by Crippen LogP contribution is -2.61. The van der Waals surface area contributed by atoms with Crippen LogP contribution in [-0.4, -0.2) is 50.7 Å². The normalized spacial score (nSPS) is 16.5. The number of amides is 2. The number of ether oxygens (including phenoxy) is 1. The minimum atomic E-state index is -4.03. The molecular formula is C24H25N3O7S. The first-order valence-electron chi connectivity index (χ1n) is 11.1. The summed E-state index contributed by atoms with van der Waals surface area (Å²) in [6, 6.07) is 12.2. The second kappa shape index (κ2) is 9.59. The van der Waals surface area contributed by atoms with Gasteiger partial charge >= 0.3 is 5.97 Å². The summed E-state index contributed by atoms with van der Waals surface area (Å²) in [7, 11) is -4.03. The molecule has 0 radical (unpaired) electrons. The largest absolute Gasteiger partial charge is 0.455 e. The van der Waals surface area contributed by atoms with Gasteiger partial charge in [-0.3, -0.25) is 24.1 Å². The number of Topliss-reactive ketones (excluding diaryl/α,β-unsaturated/α-hetero) is 1. The van der Waals surface area contributed by atoms with Gasteiger partial charge in [0.25, 0.3) is 11.8 Å². The summed E-state index contributed by atoms with van der Waals surface area (Å²) in [6.45, 7) is 0.0338. The van der Waals surface area contributed by atoms with E-state index in [2.05, 4.69) is 10.0 Å². The second-order valence-electron chi connectivity index (χ2n) is 8.50. The van der Waals surface area contributed by atoms with Crippen molar-refractivity contribution in [2.24, 2.45) is 0 Å². The number of carbonyl (C=O) groups is 4. The molecule has 1 saturated carbocycles. The van der Waals surface area contributed by atoms with Crippen molar-refractivity contribution in [1.82, 2.24) is 4.72 Å². The van der Waals surface area contributed by atoms with E-state index in [9.17, 15) is 27.6 Å². The highest BCUT2D eigenvalue weighted by Gasteiger charge is 2.52. The summed E-state index contributed by atoms with van der Waals surface area (Å²) >= 11 is 0. The van der Waals surface area contributed by atoms with Crippen LogP contribution in [-0.2, 0) is 29.1 Å². The zero-order chi connectivity index (χ0) is 25.2. The van der Waals surface area contributed by atoms with Crippen molar-refractivity contribution in [3.05, 3.63) is 54.1 Å². The smallest absolute Gasteiger partial charge is 0.321 e. The first-order valence-corrected chi connectivity index (χ1v) is 12.6. The fourth-order valence-corrected chi connectivity index (χ4v) is 5.46. The minimum Gasteiger partial charge on any atom is -0.455 e. The molecule has 1 fully saturated rings. The molecule has 10 nitrogen and oxygen atoms in total. The third-order valence-electron chi connectivity index (χ3n) is 6.26. The van der Waals surface area contributed by atoms with Crippen LogP contribution in [0.1, 0.15) is 43.0 Å². The van der Waals surface area contributed by atoms with Crippen LogP contribution in [0.3, 0.4) is 0 Å². The number of carbonyl (C=O) groups excluding carboxylic acids is 4. The minimum absolute atomic E-state index is 0.120. The van der Waals surface area contributed by atoms with Crippen molar-refractivity contribution < 1.29 is 32.3 Å². The number of esters is 1. The molecule has 1 spiro atoms. The van der Waals surface area contributed by atoms with Gasteiger partial charge in [0.15, 0.2) is 12.4 Å². The molecular weight excluding hydrogens is 474 g/mol. The van der Waals surface area contributed by atoms with Crippen molar-refractivity contribution in [3.63, 3.8) is 0 Å². The molecule has 0 unspecified atom stereocenters. The fourth-order valence-electron chi connectivity index (χ4n) is 4.49. The molecule has 0 saturated heterocycles. The summed E-state index contributed by atoms with van der Waals surface area (Å²) < 4.78 is 32.0. The highest BCUT2D eigenvalue weighted by Crippen LogP contribution is 2.45. The van der Waals surface area contributed by atoms with Crippen LogP contribution in [0.5, 0.6) is 0 Å². The van der Waals surface area contributed by atoms with Crippen molar-refractivity contribution in [1.29, 1.82) is 0 Å². The first-order chi connectivity index (χ1) is 16.6. The Labute approximate surface area is 202 Å². The van der Waals surface area contributed by atoms with Crippen molar-refractivity contribution in [2.75, 3.05) is 23.4 Å². The molecule has 2 aromatic carbocycles. The molecule has 35 heavy (non-hydrogen) atoms. The van der Waals surface area contributed by atoms with Crippen molar-refractivity contribution >= 4 is 45.0 Å². The van der Waals surface area contributed by atoms with Crippen molar-refractivity contribution in [3.8, 4) is 0 Å². The Morgan fingerprint density at radius 3 is 2.37 bits per heavy atom. The van der Waals surface area contributed by atoms with Gasteiger partial charge in [0.05, 0.1) is 16.3 Å². The highest BCUT2D eigenvalue weighted by molar-refractivity contribution is 7.89. The molecule has 4 rings (SSSR count). The monoisotopic (exact) mass is 499 g/mol. The number of rotatable bonds is 7. The molecule has 2 aromatic rings. The van der Waals surface area contributed by atoms with Crippen LogP contribution < -0.4 is 14.9 Å². The zero-order valence-corrected chi connectivity index (χ0v) is 19.9. The topological polar surface area (TPSA) is 139 Å². The standard InChI is InChI=1S/C24H25N3O7S/c1-16(28)17-8-10-18(11-9-17)35(32,33)25-14-22(30)34-15-21(29)27-20-7-3-2-6-19(20)26-23(31)24(27)12-4-5-13-24/h2-3,6-11,25H,4-5,12-15H2,1H3,(H,26,31). The third kappa shape index (κ3) is 4.82. The van der Waals surface area contributed by atoms with Gasteiger partial charge in [-0.15, -0.1) is 0 Å². The van der Waals surface area contributed by atoms with Crippen LogP contribution in [0.15, 0.2) is 53.4 Å². The van der Waals surface area contributed by atoms with E-state index in [0.717, 1.165) is 12.8 Å². The van der Waals surface area contributed by atoms with Crippen LogP contribution in [0.25, 0.3) is 0 Å². The zero-order valence-electron chi connectivity index (χ0n) is 19.1. The van der Waals surface area contributed by atoms with Crippen LogP contribution in [0.4, 0.5) is 11.4 Å². The van der Waals surface area contributed by atoms with Gasteiger partial charge in [-0.05, 0) is 44.0 Å². The van der Waals surface area contributed by atoms with Crippen LogP contribution in [0, 0.1) is 0 Å². The van der Waals surface area contributed by atoms with E-state index in [-0.39, 0.29) is 16.6 Å². The maximum Gasteiger partial charge on any atom is 0.321 e. The number of benzene rings is 2. The maximum atomic E-state index is 13.2. The molecule has 1 heterocycles. The molecule has 184 valence electrons. The molecule has 2 N–H and O–H groups in total.